The van der Waals surface area contributed by atoms with Gasteiger partial charge >= 0.3 is 0 Å². The van der Waals surface area contributed by atoms with Crippen molar-refractivity contribution in [3.05, 3.63) is 95.0 Å². The van der Waals surface area contributed by atoms with Crippen molar-refractivity contribution in [1.29, 1.82) is 0 Å². The molecule has 1 aliphatic carbocycles. The van der Waals surface area contributed by atoms with Crippen LogP contribution < -0.4 is 10.6 Å². The lowest BCUT2D eigenvalue weighted by molar-refractivity contribution is -0.150. The van der Waals surface area contributed by atoms with Crippen LogP contribution in [0.2, 0.25) is 0 Å². The average molecular weight is 521 g/mol. The van der Waals surface area contributed by atoms with Crippen LogP contribution in [0.4, 0.5) is 11.4 Å². The molecule has 2 amide bonds. The number of carbonyl (C=O) groups excluding carboxylic acids is 3. The van der Waals surface area contributed by atoms with Crippen molar-refractivity contribution < 1.29 is 19.5 Å². The molecule has 0 bridgehead atoms. The van der Waals surface area contributed by atoms with E-state index >= 15 is 0 Å². The number of para-hydroxylation sites is 2. The molecule has 0 radical (unpaired) electrons. The van der Waals surface area contributed by atoms with Gasteiger partial charge in [-0.05, 0) is 48.9 Å². The lowest BCUT2D eigenvalue weighted by Crippen LogP contribution is -2.56. The summed E-state index contributed by atoms with van der Waals surface area (Å²) in [7, 11) is 0. The van der Waals surface area contributed by atoms with Gasteiger partial charge in [-0.3, -0.25) is 14.4 Å². The summed E-state index contributed by atoms with van der Waals surface area (Å²) in [5, 5.41) is 17.0. The van der Waals surface area contributed by atoms with Gasteiger partial charge in [0.15, 0.2) is 0 Å². The third-order valence-corrected chi connectivity index (χ3v) is 6.70. The number of Topliss-reactive ketones (excluding diaryl/α,β-unsaturated/α-hetero) is 1. The molecule has 1 aliphatic rings. The summed E-state index contributed by atoms with van der Waals surface area (Å²) in [6, 6.07) is 24.9. The van der Waals surface area contributed by atoms with Gasteiger partial charge in [0.2, 0.25) is 11.8 Å². The van der Waals surface area contributed by atoms with Crippen molar-refractivity contribution in [1.82, 2.24) is 0 Å². The first-order valence-corrected chi connectivity index (χ1v) is 11.8. The Morgan fingerprint density at radius 3 is 1.88 bits per heavy atom. The van der Waals surface area contributed by atoms with Gasteiger partial charge < -0.3 is 15.7 Å². The molecule has 0 spiro atoms. The number of ketones is 1. The summed E-state index contributed by atoms with van der Waals surface area (Å²) in [6.07, 6.45) is -0.306. The van der Waals surface area contributed by atoms with E-state index in [1.165, 1.54) is 6.92 Å². The van der Waals surface area contributed by atoms with Gasteiger partial charge in [0, 0.05) is 28.2 Å². The van der Waals surface area contributed by atoms with E-state index in [-0.39, 0.29) is 6.42 Å². The van der Waals surface area contributed by atoms with Crippen molar-refractivity contribution in [3.8, 4) is 0 Å². The molecule has 3 aromatic carbocycles. The smallest absolute Gasteiger partial charge is 0.235 e. The monoisotopic (exact) mass is 520 g/mol. The third kappa shape index (κ3) is 5.11. The van der Waals surface area contributed by atoms with Crippen molar-refractivity contribution >= 4 is 44.9 Å². The minimum absolute atomic E-state index is 0.306. The van der Waals surface area contributed by atoms with Crippen molar-refractivity contribution in [2.24, 2.45) is 11.8 Å². The van der Waals surface area contributed by atoms with E-state index in [1.54, 1.807) is 72.8 Å². The summed E-state index contributed by atoms with van der Waals surface area (Å²) >= 11 is 3.41. The summed E-state index contributed by atoms with van der Waals surface area (Å²) in [5.74, 6) is -4.41. The molecule has 0 aromatic heterocycles. The van der Waals surface area contributed by atoms with Crippen LogP contribution in [0.1, 0.15) is 24.8 Å². The number of hydrogen-bond donors (Lipinski definition) is 3. The molecule has 0 heterocycles. The second-order valence-electron chi connectivity index (χ2n) is 8.74. The van der Waals surface area contributed by atoms with Crippen LogP contribution in [-0.2, 0) is 14.4 Å². The van der Waals surface area contributed by atoms with Crippen LogP contribution in [0.3, 0.4) is 0 Å². The van der Waals surface area contributed by atoms with Crippen molar-refractivity contribution in [2.75, 3.05) is 10.6 Å². The van der Waals surface area contributed by atoms with Crippen LogP contribution >= 0.6 is 15.9 Å². The van der Waals surface area contributed by atoms with Gasteiger partial charge in [0.05, 0.1) is 11.5 Å². The lowest BCUT2D eigenvalue weighted by atomic mass is 9.61. The highest BCUT2D eigenvalue weighted by atomic mass is 79.9. The molecule has 174 valence electrons. The lowest BCUT2D eigenvalue weighted by Gasteiger charge is -2.44. The zero-order valence-electron chi connectivity index (χ0n) is 18.6. The predicted molar refractivity (Wildman–Crippen MR) is 134 cm³/mol. The zero-order chi connectivity index (χ0) is 24.3. The van der Waals surface area contributed by atoms with E-state index in [9.17, 15) is 19.5 Å². The first kappa shape index (κ1) is 23.9. The molecule has 34 heavy (non-hydrogen) atoms. The fraction of sp³-hybridized carbons (Fsp3) is 0.222. The molecule has 1 saturated carbocycles. The second kappa shape index (κ2) is 9.91. The molecule has 6 nitrogen and oxygen atoms in total. The molecule has 7 heteroatoms. The predicted octanol–water partition coefficient (Wildman–Crippen LogP) is 4.77. The quantitative estimate of drug-likeness (QED) is 0.422. The standard InChI is InChI=1S/C27H25BrN2O4/c1-27(34)16-21(31)23(25(32)29-19-8-4-2-5-9-19)22(17-12-14-18(28)15-13-17)24(27)26(33)30-20-10-6-3-7-11-20/h2-15,22-24,34H,16H2,1H3,(H,29,32)(H,30,33). The van der Waals surface area contributed by atoms with E-state index in [4.69, 9.17) is 0 Å². The Labute approximate surface area is 206 Å². The summed E-state index contributed by atoms with van der Waals surface area (Å²) in [4.78, 5) is 40.2. The van der Waals surface area contributed by atoms with Crippen LogP contribution in [0, 0.1) is 11.8 Å². The first-order valence-electron chi connectivity index (χ1n) is 11.0. The summed E-state index contributed by atoms with van der Waals surface area (Å²) < 4.78 is 0.820. The van der Waals surface area contributed by atoms with Crippen LogP contribution in [0.25, 0.3) is 0 Å². The molecule has 1 fully saturated rings. The van der Waals surface area contributed by atoms with Gasteiger partial charge in [-0.1, -0.05) is 64.5 Å². The number of aliphatic hydroxyl groups is 1. The van der Waals surface area contributed by atoms with Gasteiger partial charge in [0.25, 0.3) is 0 Å². The maximum atomic E-state index is 13.5. The van der Waals surface area contributed by atoms with E-state index in [0.29, 0.717) is 16.9 Å². The number of benzene rings is 3. The van der Waals surface area contributed by atoms with Crippen molar-refractivity contribution in [3.63, 3.8) is 0 Å². The Morgan fingerprint density at radius 2 is 1.35 bits per heavy atom. The fourth-order valence-electron chi connectivity index (χ4n) is 4.66. The number of rotatable bonds is 5. The number of nitrogens with one attached hydrogen (secondary N) is 2. The summed E-state index contributed by atoms with van der Waals surface area (Å²) in [6.45, 7) is 1.48. The molecular formula is C27H25BrN2O4. The molecule has 4 rings (SSSR count). The van der Waals surface area contributed by atoms with Crippen LogP contribution in [0.15, 0.2) is 89.4 Å². The van der Waals surface area contributed by atoms with E-state index < -0.39 is 41.0 Å². The highest BCUT2D eigenvalue weighted by Crippen LogP contribution is 2.46. The normalized spacial score (nSPS) is 24.3. The average Bonchev–Trinajstić information content (AvgIpc) is 2.79. The SMILES string of the molecule is CC1(O)CC(=O)C(C(=O)Nc2ccccc2)C(c2ccc(Br)cc2)C1C(=O)Nc1ccccc1. The van der Waals surface area contributed by atoms with Crippen LogP contribution in [-0.4, -0.2) is 28.3 Å². The number of halogens is 1. The van der Waals surface area contributed by atoms with Gasteiger partial charge in [-0.15, -0.1) is 0 Å². The molecule has 0 saturated heterocycles. The maximum absolute atomic E-state index is 13.5. The maximum Gasteiger partial charge on any atom is 0.235 e. The Bertz CT molecular complexity index is 1180. The number of hydrogen-bond acceptors (Lipinski definition) is 4. The Morgan fingerprint density at radius 1 is 0.853 bits per heavy atom. The van der Waals surface area contributed by atoms with E-state index in [2.05, 4.69) is 26.6 Å². The molecular weight excluding hydrogens is 496 g/mol. The van der Waals surface area contributed by atoms with Gasteiger partial charge in [-0.2, -0.15) is 0 Å². The van der Waals surface area contributed by atoms with Gasteiger partial charge in [0.1, 0.15) is 11.7 Å². The minimum Gasteiger partial charge on any atom is -0.389 e. The van der Waals surface area contributed by atoms with Crippen LogP contribution in [0.5, 0.6) is 0 Å². The molecule has 4 atom stereocenters. The second-order valence-corrected chi connectivity index (χ2v) is 9.66. The molecule has 0 aliphatic heterocycles. The highest BCUT2D eigenvalue weighted by molar-refractivity contribution is 9.10. The highest BCUT2D eigenvalue weighted by Gasteiger charge is 2.55. The zero-order valence-corrected chi connectivity index (χ0v) is 20.2. The third-order valence-electron chi connectivity index (χ3n) is 6.17. The Balaban J connectivity index is 1.76. The number of carbonyl (C=O) groups is 3. The molecule has 4 unspecified atom stereocenters. The molecule has 3 N–H and O–H groups in total. The Hall–Kier alpha value is -3.29. The fourth-order valence-corrected chi connectivity index (χ4v) is 4.92. The summed E-state index contributed by atoms with van der Waals surface area (Å²) in [5.41, 5.74) is 0.104. The number of anilines is 2. The van der Waals surface area contributed by atoms with E-state index in [0.717, 1.165) is 4.47 Å². The Kier molecular flexibility index (Phi) is 6.95. The molecule has 3 aromatic rings. The van der Waals surface area contributed by atoms with E-state index in [1.807, 2.05) is 12.1 Å². The minimum atomic E-state index is -1.64. The first-order chi connectivity index (χ1) is 16.3. The number of amides is 2. The van der Waals surface area contributed by atoms with Crippen molar-refractivity contribution in [2.45, 2.75) is 24.9 Å². The largest absolute Gasteiger partial charge is 0.389 e. The van der Waals surface area contributed by atoms with Gasteiger partial charge in [-0.25, -0.2) is 0 Å². The topological polar surface area (TPSA) is 95.5 Å².